The molecule has 0 aromatic carbocycles. The largest absolute Gasteiger partial charge is 0.389 e. The zero-order valence-electron chi connectivity index (χ0n) is 7.26. The number of hydrogen-bond donors (Lipinski definition) is 4. The first-order chi connectivity index (χ1) is 6.56. The van der Waals surface area contributed by atoms with E-state index in [0.29, 0.717) is 0 Å². The minimum Gasteiger partial charge on any atom is -0.389 e. The van der Waals surface area contributed by atoms with Gasteiger partial charge in [0.15, 0.2) is 0 Å². The molecule has 0 saturated heterocycles. The summed E-state index contributed by atoms with van der Waals surface area (Å²) >= 11 is 5.56. The molecule has 0 aliphatic carbocycles. The van der Waals surface area contributed by atoms with Crippen LogP contribution in [-0.4, -0.2) is 32.8 Å². The second kappa shape index (κ2) is 4.52. The Kier molecular flexibility index (Phi) is 3.59. The van der Waals surface area contributed by atoms with Gasteiger partial charge in [0.25, 0.3) is 0 Å². The Morgan fingerprint density at radius 3 is 2.71 bits per heavy atom. The molecule has 0 saturated carbocycles. The molecule has 2 atom stereocenters. The summed E-state index contributed by atoms with van der Waals surface area (Å²) in [5, 5.41) is 18.9. The summed E-state index contributed by atoms with van der Waals surface area (Å²) in [5.74, 6) is 0.0226. The van der Waals surface area contributed by atoms with Gasteiger partial charge in [-0.15, -0.1) is 0 Å². The van der Waals surface area contributed by atoms with Gasteiger partial charge in [0.05, 0.1) is 12.3 Å². The summed E-state index contributed by atoms with van der Waals surface area (Å²) < 4.78 is 0. The third-order valence-electron chi connectivity index (χ3n) is 1.69. The van der Waals surface area contributed by atoms with Crippen LogP contribution in [0.1, 0.15) is 11.8 Å². The van der Waals surface area contributed by atoms with Crippen molar-refractivity contribution in [2.24, 2.45) is 5.73 Å². The molecular weight excluding hydrogens is 208 g/mol. The van der Waals surface area contributed by atoms with Crippen LogP contribution in [0.15, 0.2) is 6.20 Å². The van der Waals surface area contributed by atoms with Crippen LogP contribution >= 0.6 is 11.6 Å². The molecule has 0 aliphatic rings. The monoisotopic (exact) mass is 218 g/mol. The number of rotatable bonds is 3. The van der Waals surface area contributed by atoms with Gasteiger partial charge >= 0.3 is 0 Å². The Morgan fingerprint density at radius 1 is 1.50 bits per heavy atom. The first-order valence-corrected chi connectivity index (χ1v) is 4.28. The van der Waals surface area contributed by atoms with Gasteiger partial charge in [0.1, 0.15) is 22.8 Å². The molecule has 78 valence electrons. The first-order valence-electron chi connectivity index (χ1n) is 3.90. The number of aromatic nitrogens is 2. The fourth-order valence-corrected chi connectivity index (χ4v) is 1.06. The number of nitrogen functional groups attached to an aromatic ring is 1. The van der Waals surface area contributed by atoms with E-state index in [1.807, 2.05) is 0 Å². The van der Waals surface area contributed by atoms with Crippen molar-refractivity contribution < 1.29 is 10.2 Å². The van der Waals surface area contributed by atoms with Crippen molar-refractivity contribution in [1.29, 1.82) is 0 Å². The molecule has 0 fully saturated rings. The summed E-state index contributed by atoms with van der Waals surface area (Å²) in [6.45, 7) is -0.102. The topological polar surface area (TPSA) is 118 Å². The fraction of sp³-hybridized carbons (Fsp3) is 0.429. The highest BCUT2D eigenvalue weighted by Crippen LogP contribution is 2.20. The smallest absolute Gasteiger partial charge is 0.148 e. The number of aliphatic hydroxyl groups is 2. The second-order valence-electron chi connectivity index (χ2n) is 2.71. The summed E-state index contributed by atoms with van der Waals surface area (Å²) in [6.07, 6.45) is -1.15. The summed E-state index contributed by atoms with van der Waals surface area (Å²) in [7, 11) is 0. The van der Waals surface area contributed by atoms with E-state index in [1.54, 1.807) is 0 Å². The number of hydrogen-bond acceptors (Lipinski definition) is 6. The van der Waals surface area contributed by atoms with Gasteiger partial charge in [-0.3, -0.25) is 0 Å². The lowest BCUT2D eigenvalue weighted by Gasteiger charge is -2.16. The highest BCUT2D eigenvalue weighted by Gasteiger charge is 2.21. The van der Waals surface area contributed by atoms with E-state index in [4.69, 9.17) is 23.1 Å². The molecule has 0 amide bonds. The van der Waals surface area contributed by atoms with Crippen LogP contribution in [0.5, 0.6) is 0 Å². The molecule has 1 aromatic heterocycles. The normalized spacial score (nSPS) is 15.1. The molecule has 14 heavy (non-hydrogen) atoms. The number of nitrogens with zero attached hydrogens (tertiary/aromatic N) is 2. The minimum absolute atomic E-state index is 0.0226. The van der Waals surface area contributed by atoms with Crippen LogP contribution in [0.25, 0.3) is 0 Å². The van der Waals surface area contributed by atoms with Crippen molar-refractivity contribution in [3.63, 3.8) is 0 Å². The Morgan fingerprint density at radius 2 is 2.14 bits per heavy atom. The number of nitrogens with two attached hydrogens (primary N) is 2. The molecule has 6 N–H and O–H groups in total. The van der Waals surface area contributed by atoms with E-state index in [1.165, 1.54) is 6.20 Å². The Bertz CT molecular complexity index is 323. The van der Waals surface area contributed by atoms with E-state index in [0.717, 1.165) is 0 Å². The molecule has 1 heterocycles. The van der Waals surface area contributed by atoms with Gasteiger partial charge in [-0.1, -0.05) is 11.6 Å². The Labute approximate surface area is 85.5 Å². The Balaban J connectivity index is 2.99. The third-order valence-corrected chi connectivity index (χ3v) is 1.87. The van der Waals surface area contributed by atoms with Crippen LogP contribution < -0.4 is 11.5 Å². The van der Waals surface area contributed by atoms with Crippen molar-refractivity contribution in [2.45, 2.75) is 12.2 Å². The van der Waals surface area contributed by atoms with Crippen molar-refractivity contribution >= 4 is 17.4 Å². The van der Waals surface area contributed by atoms with Gasteiger partial charge < -0.3 is 21.7 Å². The predicted octanol–water partition coefficient (Wildman–Crippen LogP) is -0.935. The first kappa shape index (κ1) is 11.1. The van der Waals surface area contributed by atoms with E-state index in [-0.39, 0.29) is 23.2 Å². The molecule has 6 nitrogen and oxygen atoms in total. The maximum atomic E-state index is 9.52. The van der Waals surface area contributed by atoms with Crippen LogP contribution in [0.4, 0.5) is 5.82 Å². The average Bonchev–Trinajstić information content (AvgIpc) is 2.19. The van der Waals surface area contributed by atoms with Gasteiger partial charge in [-0.25, -0.2) is 9.97 Å². The van der Waals surface area contributed by atoms with E-state index >= 15 is 0 Å². The molecule has 0 aliphatic heterocycles. The van der Waals surface area contributed by atoms with Crippen molar-refractivity contribution in [3.8, 4) is 0 Å². The van der Waals surface area contributed by atoms with E-state index < -0.39 is 12.2 Å². The van der Waals surface area contributed by atoms with Crippen molar-refractivity contribution in [1.82, 2.24) is 9.97 Å². The van der Waals surface area contributed by atoms with Crippen LogP contribution in [0, 0.1) is 0 Å². The molecule has 1 rings (SSSR count). The van der Waals surface area contributed by atoms with Crippen LogP contribution in [0.3, 0.4) is 0 Å². The number of aliphatic hydroxyl groups excluding tert-OH is 2. The maximum absolute atomic E-state index is 9.52. The molecule has 2 unspecified atom stereocenters. The zero-order chi connectivity index (χ0) is 10.7. The summed E-state index contributed by atoms with van der Waals surface area (Å²) in [6, 6.07) is 0. The minimum atomic E-state index is -1.27. The van der Waals surface area contributed by atoms with Crippen molar-refractivity contribution in [3.05, 3.63) is 17.0 Å². The van der Waals surface area contributed by atoms with Crippen molar-refractivity contribution in [2.75, 3.05) is 12.3 Å². The second-order valence-corrected chi connectivity index (χ2v) is 3.10. The molecule has 0 bridgehead atoms. The highest BCUT2D eigenvalue weighted by molar-refractivity contribution is 6.29. The standard InChI is InChI=1S/C7H11ClN4O2/c8-4-2-11-7(10)5(12-4)6(14)3(13)1-9/h2-3,6,13-14H,1,9H2,(H2,10,11). The molecule has 0 spiro atoms. The molecular formula is C7H11ClN4O2. The summed E-state index contributed by atoms with van der Waals surface area (Å²) in [4.78, 5) is 7.44. The average molecular weight is 219 g/mol. The summed E-state index contributed by atoms with van der Waals surface area (Å²) in [5.41, 5.74) is 10.6. The van der Waals surface area contributed by atoms with Gasteiger partial charge in [-0.2, -0.15) is 0 Å². The lowest BCUT2D eigenvalue weighted by atomic mass is 10.1. The maximum Gasteiger partial charge on any atom is 0.148 e. The fourth-order valence-electron chi connectivity index (χ4n) is 0.919. The lowest BCUT2D eigenvalue weighted by Crippen LogP contribution is -2.28. The lowest BCUT2D eigenvalue weighted by molar-refractivity contribution is 0.0220. The predicted molar refractivity (Wildman–Crippen MR) is 51.5 cm³/mol. The van der Waals surface area contributed by atoms with Crippen LogP contribution in [-0.2, 0) is 0 Å². The highest BCUT2D eigenvalue weighted by atomic mass is 35.5. The molecule has 1 aromatic rings. The van der Waals surface area contributed by atoms with Crippen LogP contribution in [0.2, 0.25) is 5.15 Å². The van der Waals surface area contributed by atoms with Gasteiger partial charge in [-0.05, 0) is 0 Å². The number of anilines is 1. The van der Waals surface area contributed by atoms with Gasteiger partial charge in [0.2, 0.25) is 0 Å². The number of halogens is 1. The quantitative estimate of drug-likeness (QED) is 0.520. The zero-order valence-corrected chi connectivity index (χ0v) is 8.02. The SMILES string of the molecule is NCC(O)C(O)c1nc(Cl)cnc1N. The van der Waals surface area contributed by atoms with E-state index in [9.17, 15) is 10.2 Å². The van der Waals surface area contributed by atoms with E-state index in [2.05, 4.69) is 9.97 Å². The Hall–Kier alpha value is -0.950. The van der Waals surface area contributed by atoms with Gasteiger partial charge in [0, 0.05) is 6.54 Å². The molecule has 7 heteroatoms. The third kappa shape index (κ3) is 2.30. The molecule has 0 radical (unpaired) electrons.